The van der Waals surface area contributed by atoms with Gasteiger partial charge < -0.3 is 10.2 Å². The summed E-state index contributed by atoms with van der Waals surface area (Å²) in [6, 6.07) is 3.28. The van der Waals surface area contributed by atoms with Crippen LogP contribution in [0.15, 0.2) is 18.2 Å². The number of amides is 2. The Labute approximate surface area is 147 Å². The predicted octanol–water partition coefficient (Wildman–Crippen LogP) is 2.48. The molecule has 0 bridgehead atoms. The Balaban J connectivity index is 1.71. The molecule has 2 rings (SSSR count). The maximum Gasteiger partial charge on any atom is 0.225 e. The molecule has 0 saturated carbocycles. The quantitative estimate of drug-likeness (QED) is 0.855. The highest BCUT2D eigenvalue weighted by atomic mass is 19.2. The number of hydrogen-bond acceptors (Lipinski definition) is 3. The van der Waals surface area contributed by atoms with E-state index in [-0.39, 0.29) is 23.9 Å². The van der Waals surface area contributed by atoms with Crippen molar-refractivity contribution in [1.82, 2.24) is 9.80 Å². The summed E-state index contributed by atoms with van der Waals surface area (Å²) in [5, 5.41) is 2.56. The second-order valence-corrected chi connectivity index (χ2v) is 6.75. The lowest BCUT2D eigenvalue weighted by Crippen LogP contribution is -2.49. The molecule has 1 heterocycles. The zero-order chi connectivity index (χ0) is 18.4. The first kappa shape index (κ1) is 19.3. The number of nitrogens with one attached hydrogen (secondary N) is 1. The first-order valence-electron chi connectivity index (χ1n) is 8.60. The highest BCUT2D eigenvalue weighted by Crippen LogP contribution is 2.13. The standard InChI is InChI=1S/C18H25F2N3O2/c1-13(2)11-18(25)23-9-7-22(8-10-23)6-5-17(24)21-14-3-4-15(19)16(20)12-14/h3-4,12-13H,5-11H2,1-2H3,(H,21,24). The molecule has 7 heteroatoms. The Kier molecular flexibility index (Phi) is 6.87. The van der Waals surface area contributed by atoms with E-state index in [1.807, 2.05) is 18.7 Å². The molecule has 0 aliphatic carbocycles. The monoisotopic (exact) mass is 353 g/mol. The minimum absolute atomic E-state index is 0.186. The summed E-state index contributed by atoms with van der Waals surface area (Å²) < 4.78 is 26.0. The van der Waals surface area contributed by atoms with E-state index >= 15 is 0 Å². The molecule has 0 spiro atoms. The number of rotatable bonds is 6. The molecule has 1 aliphatic heterocycles. The van der Waals surface area contributed by atoms with Gasteiger partial charge in [-0.25, -0.2) is 8.78 Å². The van der Waals surface area contributed by atoms with Crippen LogP contribution < -0.4 is 5.32 Å². The first-order chi connectivity index (χ1) is 11.8. The van der Waals surface area contributed by atoms with Crippen molar-refractivity contribution in [3.05, 3.63) is 29.8 Å². The number of carbonyl (C=O) groups excluding carboxylic acids is 2. The molecule has 1 N–H and O–H groups in total. The van der Waals surface area contributed by atoms with E-state index in [0.29, 0.717) is 32.0 Å². The summed E-state index contributed by atoms with van der Waals surface area (Å²) in [6.07, 6.45) is 0.829. The van der Waals surface area contributed by atoms with Gasteiger partial charge in [-0.15, -0.1) is 0 Å². The van der Waals surface area contributed by atoms with Gasteiger partial charge >= 0.3 is 0 Å². The van der Waals surface area contributed by atoms with Crippen LogP contribution in [0, 0.1) is 17.6 Å². The smallest absolute Gasteiger partial charge is 0.225 e. The number of anilines is 1. The van der Waals surface area contributed by atoms with Gasteiger partial charge in [0, 0.05) is 57.3 Å². The lowest BCUT2D eigenvalue weighted by molar-refractivity contribution is -0.134. The van der Waals surface area contributed by atoms with Crippen molar-refractivity contribution in [3.8, 4) is 0 Å². The van der Waals surface area contributed by atoms with E-state index in [0.717, 1.165) is 25.2 Å². The maximum absolute atomic E-state index is 13.1. The Morgan fingerprint density at radius 1 is 1.12 bits per heavy atom. The molecule has 1 aromatic carbocycles. The van der Waals surface area contributed by atoms with E-state index in [1.165, 1.54) is 6.07 Å². The number of carbonyl (C=O) groups is 2. The van der Waals surface area contributed by atoms with Crippen molar-refractivity contribution in [2.45, 2.75) is 26.7 Å². The fourth-order valence-corrected chi connectivity index (χ4v) is 2.76. The molecular weight excluding hydrogens is 328 g/mol. The van der Waals surface area contributed by atoms with Crippen LogP contribution in [0.2, 0.25) is 0 Å². The van der Waals surface area contributed by atoms with E-state index in [4.69, 9.17) is 0 Å². The van der Waals surface area contributed by atoms with Gasteiger partial charge in [0.05, 0.1) is 0 Å². The summed E-state index contributed by atoms with van der Waals surface area (Å²) in [5.41, 5.74) is 0.244. The topological polar surface area (TPSA) is 52.7 Å². The van der Waals surface area contributed by atoms with Crippen LogP contribution in [0.4, 0.5) is 14.5 Å². The summed E-state index contributed by atoms with van der Waals surface area (Å²) in [7, 11) is 0. The first-order valence-corrected chi connectivity index (χ1v) is 8.60. The van der Waals surface area contributed by atoms with Gasteiger partial charge in [-0.2, -0.15) is 0 Å². The third-order valence-corrected chi connectivity index (χ3v) is 4.17. The van der Waals surface area contributed by atoms with Gasteiger partial charge in [0.15, 0.2) is 11.6 Å². The molecule has 0 unspecified atom stereocenters. The SMILES string of the molecule is CC(C)CC(=O)N1CCN(CCC(=O)Nc2ccc(F)c(F)c2)CC1. The van der Waals surface area contributed by atoms with E-state index in [9.17, 15) is 18.4 Å². The lowest BCUT2D eigenvalue weighted by atomic mass is 10.1. The molecule has 2 amide bonds. The van der Waals surface area contributed by atoms with E-state index < -0.39 is 11.6 Å². The van der Waals surface area contributed by atoms with Crippen molar-refractivity contribution in [2.24, 2.45) is 5.92 Å². The van der Waals surface area contributed by atoms with Gasteiger partial charge in [-0.05, 0) is 18.1 Å². The zero-order valence-electron chi connectivity index (χ0n) is 14.7. The van der Waals surface area contributed by atoms with Crippen molar-refractivity contribution in [3.63, 3.8) is 0 Å². The normalized spacial score (nSPS) is 15.5. The Morgan fingerprint density at radius 2 is 1.80 bits per heavy atom. The van der Waals surface area contributed by atoms with Gasteiger partial charge in [-0.1, -0.05) is 13.8 Å². The average Bonchev–Trinajstić information content (AvgIpc) is 2.56. The number of nitrogens with zero attached hydrogens (tertiary/aromatic N) is 2. The Bertz CT molecular complexity index is 614. The lowest BCUT2D eigenvalue weighted by Gasteiger charge is -2.35. The average molecular weight is 353 g/mol. The molecule has 0 aromatic heterocycles. The summed E-state index contributed by atoms with van der Waals surface area (Å²) in [6.45, 7) is 7.46. The van der Waals surface area contributed by atoms with Gasteiger partial charge in [0.1, 0.15) is 0 Å². The van der Waals surface area contributed by atoms with Gasteiger partial charge in [-0.3, -0.25) is 14.5 Å². The van der Waals surface area contributed by atoms with Crippen molar-refractivity contribution < 1.29 is 18.4 Å². The third-order valence-electron chi connectivity index (χ3n) is 4.17. The van der Waals surface area contributed by atoms with Crippen molar-refractivity contribution >= 4 is 17.5 Å². The summed E-state index contributed by atoms with van der Waals surface area (Å²) >= 11 is 0. The van der Waals surface area contributed by atoms with Crippen LogP contribution in [0.5, 0.6) is 0 Å². The van der Waals surface area contributed by atoms with Crippen LogP contribution in [-0.4, -0.2) is 54.3 Å². The largest absolute Gasteiger partial charge is 0.340 e. The molecule has 138 valence electrons. The van der Waals surface area contributed by atoms with Crippen LogP contribution in [0.3, 0.4) is 0 Å². The minimum Gasteiger partial charge on any atom is -0.340 e. The Hall–Kier alpha value is -2.02. The molecule has 0 radical (unpaired) electrons. The molecular formula is C18H25F2N3O2. The van der Waals surface area contributed by atoms with Crippen LogP contribution >= 0.6 is 0 Å². The highest BCUT2D eigenvalue weighted by molar-refractivity contribution is 5.90. The third kappa shape index (κ3) is 6.08. The van der Waals surface area contributed by atoms with Crippen molar-refractivity contribution in [1.29, 1.82) is 0 Å². The second kappa shape index (κ2) is 8.89. The second-order valence-electron chi connectivity index (χ2n) is 6.75. The number of piperazine rings is 1. The molecule has 1 fully saturated rings. The number of halogens is 2. The highest BCUT2D eigenvalue weighted by Gasteiger charge is 2.21. The zero-order valence-corrected chi connectivity index (χ0v) is 14.7. The minimum atomic E-state index is -0.986. The molecule has 1 saturated heterocycles. The fourth-order valence-electron chi connectivity index (χ4n) is 2.76. The molecule has 1 aromatic rings. The van der Waals surface area contributed by atoms with Crippen LogP contribution in [0.25, 0.3) is 0 Å². The van der Waals surface area contributed by atoms with E-state index in [1.54, 1.807) is 0 Å². The summed E-state index contributed by atoms with van der Waals surface area (Å²) in [5.74, 6) is -1.64. The van der Waals surface area contributed by atoms with Gasteiger partial charge in [0.25, 0.3) is 0 Å². The van der Waals surface area contributed by atoms with E-state index in [2.05, 4.69) is 10.2 Å². The molecule has 1 aliphatic rings. The fraction of sp³-hybridized carbons (Fsp3) is 0.556. The molecule has 25 heavy (non-hydrogen) atoms. The van der Waals surface area contributed by atoms with Crippen molar-refractivity contribution in [2.75, 3.05) is 38.0 Å². The van der Waals surface area contributed by atoms with Gasteiger partial charge in [0.2, 0.25) is 11.8 Å². The number of benzene rings is 1. The molecule has 5 nitrogen and oxygen atoms in total. The number of hydrogen-bond donors (Lipinski definition) is 1. The molecule has 0 atom stereocenters. The Morgan fingerprint density at radius 3 is 2.40 bits per heavy atom. The summed E-state index contributed by atoms with van der Waals surface area (Å²) in [4.78, 5) is 28.0. The van der Waals surface area contributed by atoms with Crippen LogP contribution in [-0.2, 0) is 9.59 Å². The maximum atomic E-state index is 13.1. The van der Waals surface area contributed by atoms with Crippen LogP contribution in [0.1, 0.15) is 26.7 Å². The predicted molar refractivity (Wildman–Crippen MR) is 92.1 cm³/mol.